The van der Waals surface area contributed by atoms with Gasteiger partial charge in [-0.15, -0.1) is 11.3 Å². The highest BCUT2D eigenvalue weighted by Gasteiger charge is 2.00. The minimum absolute atomic E-state index is 0.384. The molecule has 0 unspecified atom stereocenters. The standard InChI is InChI=1S/C9H10ClN5S/c10-7-2-1-6(16-7)5-13-8-3-4-12-9(14-8)15-11/h1-4H,5,11H2,(H2,12,13,14,15). The van der Waals surface area contributed by atoms with Crippen LogP contribution in [-0.2, 0) is 6.54 Å². The number of hydrogen-bond donors (Lipinski definition) is 3. The summed E-state index contributed by atoms with van der Waals surface area (Å²) in [5.74, 6) is 6.31. The van der Waals surface area contributed by atoms with E-state index in [2.05, 4.69) is 20.7 Å². The second kappa shape index (κ2) is 5.11. The molecule has 0 aromatic carbocycles. The largest absolute Gasteiger partial charge is 0.365 e. The van der Waals surface area contributed by atoms with Gasteiger partial charge >= 0.3 is 0 Å². The van der Waals surface area contributed by atoms with E-state index >= 15 is 0 Å². The number of thiophene rings is 1. The highest BCUT2D eigenvalue weighted by Crippen LogP contribution is 2.22. The monoisotopic (exact) mass is 255 g/mol. The van der Waals surface area contributed by atoms with Crippen LogP contribution in [0.2, 0.25) is 4.34 Å². The van der Waals surface area contributed by atoms with E-state index in [4.69, 9.17) is 17.4 Å². The summed E-state index contributed by atoms with van der Waals surface area (Å²) in [5.41, 5.74) is 2.39. The van der Waals surface area contributed by atoms with Crippen LogP contribution in [0.25, 0.3) is 0 Å². The van der Waals surface area contributed by atoms with Gasteiger partial charge in [-0.05, 0) is 18.2 Å². The number of aromatic nitrogens is 2. The summed E-state index contributed by atoms with van der Waals surface area (Å²) < 4.78 is 0.781. The minimum atomic E-state index is 0.384. The zero-order valence-electron chi connectivity index (χ0n) is 8.27. The van der Waals surface area contributed by atoms with E-state index < -0.39 is 0 Å². The van der Waals surface area contributed by atoms with Gasteiger partial charge in [0.2, 0.25) is 5.95 Å². The van der Waals surface area contributed by atoms with Crippen LogP contribution in [-0.4, -0.2) is 9.97 Å². The van der Waals surface area contributed by atoms with Crippen molar-refractivity contribution in [2.45, 2.75) is 6.54 Å². The first-order valence-electron chi connectivity index (χ1n) is 4.55. The van der Waals surface area contributed by atoms with Gasteiger partial charge in [-0.2, -0.15) is 4.98 Å². The van der Waals surface area contributed by atoms with E-state index in [0.717, 1.165) is 9.21 Å². The van der Waals surface area contributed by atoms with E-state index in [0.29, 0.717) is 18.3 Å². The van der Waals surface area contributed by atoms with E-state index in [-0.39, 0.29) is 0 Å². The number of nitrogens with one attached hydrogen (secondary N) is 2. The summed E-state index contributed by atoms with van der Waals surface area (Å²) in [6, 6.07) is 5.62. The van der Waals surface area contributed by atoms with Crippen molar-refractivity contribution in [1.29, 1.82) is 0 Å². The summed E-state index contributed by atoms with van der Waals surface area (Å²) in [5, 5.41) is 3.15. The number of nitrogens with zero attached hydrogens (tertiary/aromatic N) is 2. The molecule has 0 atom stereocenters. The van der Waals surface area contributed by atoms with Crippen molar-refractivity contribution >= 4 is 34.7 Å². The number of hydrazine groups is 1. The second-order valence-electron chi connectivity index (χ2n) is 2.97. The van der Waals surface area contributed by atoms with Gasteiger partial charge in [0.15, 0.2) is 0 Å². The van der Waals surface area contributed by atoms with E-state index in [9.17, 15) is 0 Å². The topological polar surface area (TPSA) is 75.9 Å². The Bertz CT molecular complexity index is 472. The second-order valence-corrected chi connectivity index (χ2v) is 4.77. The smallest absolute Gasteiger partial charge is 0.239 e. The summed E-state index contributed by atoms with van der Waals surface area (Å²) in [4.78, 5) is 9.18. The molecule has 4 N–H and O–H groups in total. The molecule has 2 rings (SSSR count). The molecule has 2 aromatic rings. The van der Waals surface area contributed by atoms with Gasteiger partial charge in [0.05, 0.1) is 10.9 Å². The fraction of sp³-hybridized carbons (Fsp3) is 0.111. The summed E-state index contributed by atoms with van der Waals surface area (Å²) in [7, 11) is 0. The molecule has 0 aliphatic carbocycles. The van der Waals surface area contributed by atoms with Crippen molar-refractivity contribution in [2.24, 2.45) is 5.84 Å². The molecule has 0 saturated heterocycles. The van der Waals surface area contributed by atoms with Crippen LogP contribution >= 0.6 is 22.9 Å². The van der Waals surface area contributed by atoms with Crippen LogP contribution in [0.15, 0.2) is 24.4 Å². The first kappa shape index (κ1) is 11.1. The van der Waals surface area contributed by atoms with Crippen molar-refractivity contribution < 1.29 is 0 Å². The predicted octanol–water partition coefficient (Wildman–Crippen LogP) is 2.09. The van der Waals surface area contributed by atoms with Crippen LogP contribution in [0.1, 0.15) is 4.88 Å². The van der Waals surface area contributed by atoms with Gasteiger partial charge in [0.25, 0.3) is 0 Å². The molecule has 7 heteroatoms. The molecule has 0 spiro atoms. The Morgan fingerprint density at radius 1 is 1.38 bits per heavy atom. The van der Waals surface area contributed by atoms with Gasteiger partial charge < -0.3 is 5.32 Å². The molecule has 0 saturated carbocycles. The Morgan fingerprint density at radius 3 is 2.94 bits per heavy atom. The van der Waals surface area contributed by atoms with Crippen molar-refractivity contribution in [3.05, 3.63) is 33.6 Å². The number of nitrogens with two attached hydrogens (primary N) is 1. The van der Waals surface area contributed by atoms with Gasteiger partial charge in [0, 0.05) is 11.1 Å². The zero-order valence-corrected chi connectivity index (χ0v) is 9.85. The number of rotatable bonds is 4. The molecule has 0 fully saturated rings. The molecule has 0 aliphatic heterocycles. The van der Waals surface area contributed by atoms with Crippen molar-refractivity contribution in [1.82, 2.24) is 9.97 Å². The fourth-order valence-electron chi connectivity index (χ4n) is 1.15. The summed E-state index contributed by atoms with van der Waals surface area (Å²) in [6.45, 7) is 0.679. The molecule has 2 aromatic heterocycles. The molecule has 2 heterocycles. The Kier molecular flexibility index (Phi) is 3.55. The molecule has 0 amide bonds. The first-order valence-corrected chi connectivity index (χ1v) is 5.75. The van der Waals surface area contributed by atoms with Crippen LogP contribution in [0.3, 0.4) is 0 Å². The van der Waals surface area contributed by atoms with E-state index in [1.54, 1.807) is 12.3 Å². The predicted molar refractivity (Wildman–Crippen MR) is 66.5 cm³/mol. The Balaban J connectivity index is 1.99. The number of nitrogen functional groups attached to an aromatic ring is 1. The SMILES string of the molecule is NNc1nccc(NCc2ccc(Cl)s2)n1. The van der Waals surface area contributed by atoms with Crippen molar-refractivity contribution in [3.8, 4) is 0 Å². The molecule has 0 radical (unpaired) electrons. The molecule has 84 valence electrons. The maximum atomic E-state index is 5.83. The lowest BCUT2D eigenvalue weighted by Gasteiger charge is -2.04. The van der Waals surface area contributed by atoms with Crippen LogP contribution in [0, 0.1) is 0 Å². The van der Waals surface area contributed by atoms with Gasteiger partial charge in [0.1, 0.15) is 5.82 Å². The summed E-state index contributed by atoms with van der Waals surface area (Å²) >= 11 is 7.36. The average Bonchev–Trinajstić information content (AvgIpc) is 2.73. The van der Waals surface area contributed by atoms with Crippen molar-refractivity contribution in [2.75, 3.05) is 10.7 Å². The number of hydrogen-bond acceptors (Lipinski definition) is 6. The van der Waals surface area contributed by atoms with Crippen molar-refractivity contribution in [3.63, 3.8) is 0 Å². The molecular weight excluding hydrogens is 246 g/mol. The third-order valence-electron chi connectivity index (χ3n) is 1.86. The van der Waals surface area contributed by atoms with Crippen LogP contribution in [0.5, 0.6) is 0 Å². The fourth-order valence-corrected chi connectivity index (χ4v) is 2.18. The Labute approximate surface area is 102 Å². The maximum absolute atomic E-state index is 5.83. The number of anilines is 2. The van der Waals surface area contributed by atoms with Gasteiger partial charge in [-0.1, -0.05) is 11.6 Å². The lowest BCUT2D eigenvalue weighted by Crippen LogP contribution is -2.11. The molecule has 16 heavy (non-hydrogen) atoms. The van der Waals surface area contributed by atoms with Crippen LogP contribution < -0.4 is 16.6 Å². The molecule has 0 bridgehead atoms. The Morgan fingerprint density at radius 2 is 2.25 bits per heavy atom. The number of halogens is 1. The zero-order chi connectivity index (χ0) is 11.4. The third kappa shape index (κ3) is 2.82. The first-order chi connectivity index (χ1) is 7.78. The average molecular weight is 256 g/mol. The lowest BCUT2D eigenvalue weighted by atomic mass is 10.4. The van der Waals surface area contributed by atoms with Gasteiger partial charge in [-0.3, -0.25) is 5.43 Å². The maximum Gasteiger partial charge on any atom is 0.239 e. The van der Waals surface area contributed by atoms with Crippen LogP contribution in [0.4, 0.5) is 11.8 Å². The molecule has 5 nitrogen and oxygen atoms in total. The van der Waals surface area contributed by atoms with Gasteiger partial charge in [-0.25, -0.2) is 10.8 Å². The van der Waals surface area contributed by atoms with E-state index in [1.807, 2.05) is 12.1 Å². The quantitative estimate of drug-likeness (QED) is 0.576. The Hall–Kier alpha value is -1.37. The minimum Gasteiger partial charge on any atom is -0.365 e. The summed E-state index contributed by atoms with van der Waals surface area (Å²) in [6.07, 6.45) is 1.63. The third-order valence-corrected chi connectivity index (χ3v) is 3.09. The molecular formula is C9H10ClN5S. The normalized spacial score (nSPS) is 10.1. The lowest BCUT2D eigenvalue weighted by molar-refractivity contribution is 1.08. The highest BCUT2D eigenvalue weighted by molar-refractivity contribution is 7.16. The molecule has 0 aliphatic rings. The van der Waals surface area contributed by atoms with E-state index in [1.165, 1.54) is 11.3 Å². The highest BCUT2D eigenvalue weighted by atomic mass is 35.5.